The Hall–Kier alpha value is -1.87. The molecule has 22 heavy (non-hydrogen) atoms. The van der Waals surface area contributed by atoms with Crippen LogP contribution in [-0.2, 0) is 0 Å². The number of hydrogen-bond acceptors (Lipinski definition) is 2. The van der Waals surface area contributed by atoms with E-state index in [1.807, 2.05) is 30.3 Å². The standard InChI is InChI=1S/C19H22N2O/c22-19(16-9-8-14-5-1-2-6-15(14)13-16)20-17-10-12-21-11-4-3-7-18(17)21/h1-2,5-6,8-9,13,17-18H,3-4,7,10-12H2,(H,20,22)/t17-,18-/m1/s1. The van der Waals surface area contributed by atoms with E-state index < -0.39 is 0 Å². The van der Waals surface area contributed by atoms with Gasteiger partial charge >= 0.3 is 0 Å². The van der Waals surface area contributed by atoms with E-state index in [4.69, 9.17) is 0 Å². The fraction of sp³-hybridized carbons (Fsp3) is 0.421. The van der Waals surface area contributed by atoms with E-state index in [-0.39, 0.29) is 5.91 Å². The first-order valence-electron chi connectivity index (χ1n) is 8.35. The number of fused-ring (bicyclic) bond motifs is 2. The monoisotopic (exact) mass is 294 g/mol. The molecule has 0 unspecified atom stereocenters. The summed E-state index contributed by atoms with van der Waals surface area (Å²) in [7, 11) is 0. The lowest BCUT2D eigenvalue weighted by Gasteiger charge is -2.32. The molecule has 4 rings (SSSR count). The summed E-state index contributed by atoms with van der Waals surface area (Å²) in [6, 6.07) is 15.0. The van der Waals surface area contributed by atoms with E-state index >= 15 is 0 Å². The molecule has 3 nitrogen and oxygen atoms in total. The van der Waals surface area contributed by atoms with Crippen molar-refractivity contribution in [3.63, 3.8) is 0 Å². The summed E-state index contributed by atoms with van der Waals surface area (Å²) in [4.78, 5) is 15.1. The van der Waals surface area contributed by atoms with Gasteiger partial charge in [-0.05, 0) is 48.7 Å². The van der Waals surface area contributed by atoms with E-state index in [0.717, 1.165) is 23.9 Å². The highest BCUT2D eigenvalue weighted by Crippen LogP contribution is 2.27. The Morgan fingerprint density at radius 3 is 2.77 bits per heavy atom. The first-order valence-corrected chi connectivity index (χ1v) is 8.35. The second-order valence-corrected chi connectivity index (χ2v) is 6.53. The van der Waals surface area contributed by atoms with Crippen LogP contribution in [0.1, 0.15) is 36.0 Å². The third-order valence-corrected chi connectivity index (χ3v) is 5.18. The van der Waals surface area contributed by atoms with E-state index in [1.165, 1.54) is 31.2 Å². The predicted molar refractivity (Wildman–Crippen MR) is 89.0 cm³/mol. The minimum atomic E-state index is 0.0724. The molecule has 0 radical (unpaired) electrons. The molecule has 2 aliphatic heterocycles. The topological polar surface area (TPSA) is 32.3 Å². The van der Waals surface area contributed by atoms with Crippen molar-refractivity contribution in [2.24, 2.45) is 0 Å². The fourth-order valence-corrected chi connectivity index (χ4v) is 4.00. The number of nitrogens with one attached hydrogen (secondary N) is 1. The zero-order valence-corrected chi connectivity index (χ0v) is 12.8. The van der Waals surface area contributed by atoms with Crippen LogP contribution in [0, 0.1) is 0 Å². The van der Waals surface area contributed by atoms with Crippen LogP contribution < -0.4 is 5.32 Å². The molecular formula is C19H22N2O. The predicted octanol–water partition coefficient (Wildman–Crippen LogP) is 3.20. The van der Waals surface area contributed by atoms with Gasteiger partial charge in [0.1, 0.15) is 0 Å². The molecule has 0 aromatic heterocycles. The van der Waals surface area contributed by atoms with Gasteiger partial charge in [0.2, 0.25) is 0 Å². The molecule has 2 aliphatic rings. The molecule has 0 aliphatic carbocycles. The molecule has 1 N–H and O–H groups in total. The van der Waals surface area contributed by atoms with E-state index in [9.17, 15) is 4.79 Å². The number of amides is 1. The Morgan fingerprint density at radius 2 is 1.86 bits per heavy atom. The number of nitrogens with zero attached hydrogens (tertiary/aromatic N) is 1. The number of carbonyl (C=O) groups excluding carboxylic acids is 1. The average Bonchev–Trinajstić information content (AvgIpc) is 2.97. The lowest BCUT2D eigenvalue weighted by atomic mass is 9.98. The van der Waals surface area contributed by atoms with Gasteiger partial charge in [-0.25, -0.2) is 0 Å². The summed E-state index contributed by atoms with van der Waals surface area (Å²) in [6.07, 6.45) is 4.91. The minimum absolute atomic E-state index is 0.0724. The van der Waals surface area contributed by atoms with Crippen LogP contribution in [0.3, 0.4) is 0 Å². The first-order chi connectivity index (χ1) is 10.8. The van der Waals surface area contributed by atoms with Crippen molar-refractivity contribution in [2.45, 2.75) is 37.8 Å². The minimum Gasteiger partial charge on any atom is -0.348 e. The maximum absolute atomic E-state index is 12.6. The molecule has 114 valence electrons. The molecule has 2 fully saturated rings. The van der Waals surface area contributed by atoms with Gasteiger partial charge in [0.05, 0.1) is 0 Å². The summed E-state index contributed by atoms with van der Waals surface area (Å²) in [5, 5.41) is 5.58. The van der Waals surface area contributed by atoms with Crippen molar-refractivity contribution >= 4 is 16.7 Å². The average molecular weight is 294 g/mol. The molecular weight excluding hydrogens is 272 g/mol. The van der Waals surface area contributed by atoms with Crippen molar-refractivity contribution < 1.29 is 4.79 Å². The van der Waals surface area contributed by atoms with Gasteiger partial charge in [0, 0.05) is 24.2 Å². The van der Waals surface area contributed by atoms with Crippen molar-refractivity contribution in [3.05, 3.63) is 48.0 Å². The van der Waals surface area contributed by atoms with E-state index in [0.29, 0.717) is 12.1 Å². The lowest BCUT2D eigenvalue weighted by Crippen LogP contribution is -2.46. The maximum atomic E-state index is 12.6. The number of benzene rings is 2. The van der Waals surface area contributed by atoms with Gasteiger partial charge < -0.3 is 5.32 Å². The van der Waals surface area contributed by atoms with Gasteiger partial charge in [-0.2, -0.15) is 0 Å². The van der Waals surface area contributed by atoms with E-state index in [1.54, 1.807) is 0 Å². The normalized spacial score (nSPS) is 25.1. The molecule has 2 aromatic carbocycles. The van der Waals surface area contributed by atoms with Crippen LogP contribution >= 0.6 is 0 Å². The Kier molecular flexibility index (Phi) is 3.59. The van der Waals surface area contributed by atoms with Crippen LogP contribution in [-0.4, -0.2) is 36.0 Å². The molecule has 3 heteroatoms. The summed E-state index contributed by atoms with van der Waals surface area (Å²) >= 11 is 0. The highest BCUT2D eigenvalue weighted by molar-refractivity contribution is 5.98. The van der Waals surface area contributed by atoms with Crippen LogP contribution in [0.4, 0.5) is 0 Å². The summed E-state index contributed by atoms with van der Waals surface area (Å²) in [6.45, 7) is 2.33. The SMILES string of the molecule is O=C(N[C@@H]1CCN2CCCC[C@H]12)c1ccc2ccccc2c1. The molecule has 0 bridgehead atoms. The van der Waals surface area contributed by atoms with Crippen molar-refractivity contribution in [3.8, 4) is 0 Å². The molecule has 0 saturated carbocycles. The van der Waals surface area contributed by atoms with Crippen LogP contribution in [0.25, 0.3) is 10.8 Å². The van der Waals surface area contributed by atoms with Crippen molar-refractivity contribution in [1.82, 2.24) is 10.2 Å². The number of piperidine rings is 1. The van der Waals surface area contributed by atoms with Gasteiger partial charge in [0.15, 0.2) is 0 Å². The molecule has 0 spiro atoms. The van der Waals surface area contributed by atoms with E-state index in [2.05, 4.69) is 22.3 Å². The van der Waals surface area contributed by atoms with Gasteiger partial charge in [-0.15, -0.1) is 0 Å². The lowest BCUT2D eigenvalue weighted by molar-refractivity contribution is 0.0915. The van der Waals surface area contributed by atoms with Gasteiger partial charge in [-0.3, -0.25) is 9.69 Å². The third kappa shape index (κ3) is 2.50. The van der Waals surface area contributed by atoms with Crippen LogP contribution in [0.2, 0.25) is 0 Å². The number of rotatable bonds is 2. The molecule has 2 heterocycles. The Morgan fingerprint density at radius 1 is 1.00 bits per heavy atom. The summed E-state index contributed by atoms with van der Waals surface area (Å²) in [5.74, 6) is 0.0724. The molecule has 2 atom stereocenters. The molecule has 1 amide bonds. The van der Waals surface area contributed by atoms with Crippen molar-refractivity contribution in [2.75, 3.05) is 13.1 Å². The zero-order valence-electron chi connectivity index (χ0n) is 12.8. The fourth-order valence-electron chi connectivity index (χ4n) is 4.00. The van der Waals surface area contributed by atoms with Crippen molar-refractivity contribution in [1.29, 1.82) is 0 Å². The van der Waals surface area contributed by atoms with Gasteiger partial charge in [0.25, 0.3) is 5.91 Å². The number of hydrogen-bond donors (Lipinski definition) is 1. The Labute approximate surface area is 131 Å². The highest BCUT2D eigenvalue weighted by Gasteiger charge is 2.36. The quantitative estimate of drug-likeness (QED) is 0.922. The number of carbonyl (C=O) groups is 1. The van der Waals surface area contributed by atoms with Crippen LogP contribution in [0.5, 0.6) is 0 Å². The third-order valence-electron chi connectivity index (χ3n) is 5.18. The Balaban J connectivity index is 1.51. The smallest absolute Gasteiger partial charge is 0.251 e. The second kappa shape index (κ2) is 5.73. The first kappa shape index (κ1) is 13.8. The van der Waals surface area contributed by atoms with Crippen LogP contribution in [0.15, 0.2) is 42.5 Å². The molecule has 2 aromatic rings. The maximum Gasteiger partial charge on any atom is 0.251 e. The summed E-state index contributed by atoms with van der Waals surface area (Å²) in [5.41, 5.74) is 0.771. The molecule has 2 saturated heterocycles. The summed E-state index contributed by atoms with van der Waals surface area (Å²) < 4.78 is 0. The largest absolute Gasteiger partial charge is 0.348 e. The highest BCUT2D eigenvalue weighted by atomic mass is 16.1. The second-order valence-electron chi connectivity index (χ2n) is 6.53. The Bertz CT molecular complexity index is 697. The zero-order chi connectivity index (χ0) is 14.9. The van der Waals surface area contributed by atoms with Gasteiger partial charge in [-0.1, -0.05) is 36.8 Å².